The van der Waals surface area contributed by atoms with Gasteiger partial charge in [0.1, 0.15) is 6.33 Å². The highest BCUT2D eigenvalue weighted by molar-refractivity contribution is 7.99. The molecule has 144 valence electrons. The number of carbonyl (C=O) groups excluding carboxylic acids is 1. The molecule has 1 amide bonds. The minimum atomic E-state index is -0.0573. The normalized spacial score (nSPS) is 13.7. The zero-order valence-corrected chi connectivity index (χ0v) is 16.7. The van der Waals surface area contributed by atoms with Gasteiger partial charge >= 0.3 is 0 Å². The first-order chi connectivity index (χ1) is 13.7. The van der Waals surface area contributed by atoms with Gasteiger partial charge in [0.15, 0.2) is 0 Å². The fraction of sp³-hybridized carbons (Fsp3) is 0.286. The molecule has 6 nitrogen and oxygen atoms in total. The third-order valence-electron chi connectivity index (χ3n) is 4.78. The number of hydrogen-bond donors (Lipinski definition) is 1. The molecule has 3 aromatic rings. The van der Waals surface area contributed by atoms with Gasteiger partial charge in [-0.25, -0.2) is 9.67 Å². The molecule has 0 bridgehead atoms. The van der Waals surface area contributed by atoms with Crippen molar-refractivity contribution >= 4 is 29.0 Å². The minimum absolute atomic E-state index is 0.0573. The molecule has 0 saturated carbocycles. The van der Waals surface area contributed by atoms with Gasteiger partial charge in [-0.05, 0) is 55.7 Å². The van der Waals surface area contributed by atoms with Crippen LogP contribution in [-0.4, -0.2) is 39.5 Å². The quantitative estimate of drug-likeness (QED) is 0.644. The van der Waals surface area contributed by atoms with Crippen LogP contribution in [0.2, 0.25) is 0 Å². The standard InChI is InChI=1S/C21H23N5OS/c1-16-13-18(25-11-5-6-12-25)9-10-19(16)23-20(27)14-28-21-22-15-26(24-21)17-7-3-2-4-8-17/h2-4,7-10,13,15H,5-6,11-12,14H2,1H3,(H,23,27). The average molecular weight is 394 g/mol. The summed E-state index contributed by atoms with van der Waals surface area (Å²) in [6, 6.07) is 16.0. The van der Waals surface area contributed by atoms with Crippen molar-refractivity contribution in [3.05, 3.63) is 60.4 Å². The van der Waals surface area contributed by atoms with Crippen LogP contribution in [0.5, 0.6) is 0 Å². The molecule has 2 aromatic carbocycles. The fourth-order valence-corrected chi connectivity index (χ4v) is 3.90. The lowest BCUT2D eigenvalue weighted by atomic mass is 10.1. The van der Waals surface area contributed by atoms with E-state index >= 15 is 0 Å². The zero-order valence-electron chi connectivity index (χ0n) is 15.8. The van der Waals surface area contributed by atoms with E-state index in [1.807, 2.05) is 43.3 Å². The van der Waals surface area contributed by atoms with E-state index in [-0.39, 0.29) is 11.7 Å². The number of aryl methyl sites for hydroxylation is 1. The van der Waals surface area contributed by atoms with Gasteiger partial charge < -0.3 is 10.2 Å². The highest BCUT2D eigenvalue weighted by Crippen LogP contribution is 2.26. The first-order valence-electron chi connectivity index (χ1n) is 9.44. The molecule has 1 fully saturated rings. The number of nitrogens with zero attached hydrogens (tertiary/aromatic N) is 4. The first-order valence-corrected chi connectivity index (χ1v) is 10.4. The third-order valence-corrected chi connectivity index (χ3v) is 5.63. The Hall–Kier alpha value is -2.80. The predicted octanol–water partition coefficient (Wildman–Crippen LogP) is 3.91. The van der Waals surface area contributed by atoms with Crippen molar-refractivity contribution in [3.63, 3.8) is 0 Å². The molecule has 1 N–H and O–H groups in total. The lowest BCUT2D eigenvalue weighted by Gasteiger charge is -2.19. The lowest BCUT2D eigenvalue weighted by Crippen LogP contribution is -2.18. The second-order valence-corrected chi connectivity index (χ2v) is 7.78. The van der Waals surface area contributed by atoms with E-state index < -0.39 is 0 Å². The van der Waals surface area contributed by atoms with Gasteiger partial charge in [0.2, 0.25) is 11.1 Å². The zero-order chi connectivity index (χ0) is 19.3. The lowest BCUT2D eigenvalue weighted by molar-refractivity contribution is -0.113. The summed E-state index contributed by atoms with van der Waals surface area (Å²) in [5.74, 6) is 0.213. The summed E-state index contributed by atoms with van der Waals surface area (Å²) in [5.41, 5.74) is 4.11. The van der Waals surface area contributed by atoms with Crippen LogP contribution in [0.4, 0.5) is 11.4 Å². The molecule has 0 atom stereocenters. The van der Waals surface area contributed by atoms with Gasteiger partial charge in [-0.3, -0.25) is 4.79 Å². The van der Waals surface area contributed by atoms with E-state index in [1.165, 1.54) is 30.3 Å². The monoisotopic (exact) mass is 393 g/mol. The largest absolute Gasteiger partial charge is 0.372 e. The topological polar surface area (TPSA) is 63.1 Å². The van der Waals surface area contributed by atoms with Crippen LogP contribution in [0.3, 0.4) is 0 Å². The maximum Gasteiger partial charge on any atom is 0.234 e. The van der Waals surface area contributed by atoms with Gasteiger partial charge in [-0.1, -0.05) is 30.0 Å². The van der Waals surface area contributed by atoms with Gasteiger partial charge in [0.25, 0.3) is 0 Å². The Bertz CT molecular complexity index is 950. The van der Waals surface area contributed by atoms with Crippen molar-refractivity contribution in [1.29, 1.82) is 0 Å². The molecular weight excluding hydrogens is 370 g/mol. The molecular formula is C21H23N5OS. The van der Waals surface area contributed by atoms with Gasteiger partial charge in [-0.15, -0.1) is 5.10 Å². The molecule has 4 rings (SSSR count). The van der Waals surface area contributed by atoms with Crippen LogP contribution in [0.25, 0.3) is 5.69 Å². The molecule has 2 heterocycles. The maximum atomic E-state index is 12.4. The number of benzene rings is 2. The Morgan fingerprint density at radius 3 is 2.64 bits per heavy atom. The van der Waals surface area contributed by atoms with Crippen LogP contribution in [0, 0.1) is 6.92 Å². The second kappa shape index (κ2) is 8.48. The Labute approximate surface area is 169 Å². The minimum Gasteiger partial charge on any atom is -0.372 e. The van der Waals surface area contributed by atoms with Crippen LogP contribution >= 0.6 is 11.8 Å². The summed E-state index contributed by atoms with van der Waals surface area (Å²) in [4.78, 5) is 19.0. The summed E-state index contributed by atoms with van der Waals surface area (Å²) in [7, 11) is 0. The van der Waals surface area contributed by atoms with Gasteiger partial charge in [0, 0.05) is 24.5 Å². The fourth-order valence-electron chi connectivity index (χ4n) is 3.30. The number of anilines is 2. The highest BCUT2D eigenvalue weighted by atomic mass is 32.2. The smallest absolute Gasteiger partial charge is 0.234 e. The van der Waals surface area contributed by atoms with E-state index in [0.29, 0.717) is 5.16 Å². The molecule has 1 aliphatic heterocycles. The molecule has 7 heteroatoms. The Morgan fingerprint density at radius 2 is 1.89 bits per heavy atom. The van der Waals surface area contributed by atoms with Crippen LogP contribution < -0.4 is 10.2 Å². The molecule has 0 radical (unpaired) electrons. The molecule has 0 unspecified atom stereocenters. The molecule has 1 saturated heterocycles. The number of aromatic nitrogens is 3. The van der Waals surface area contributed by atoms with Crippen LogP contribution in [0.15, 0.2) is 60.0 Å². The SMILES string of the molecule is Cc1cc(N2CCCC2)ccc1NC(=O)CSc1ncn(-c2ccccc2)n1. The van der Waals surface area contributed by atoms with E-state index in [4.69, 9.17) is 0 Å². The average Bonchev–Trinajstić information content (AvgIpc) is 3.41. The summed E-state index contributed by atoms with van der Waals surface area (Å²) in [5, 5.41) is 8.00. The molecule has 1 aromatic heterocycles. The molecule has 0 aliphatic carbocycles. The molecule has 28 heavy (non-hydrogen) atoms. The predicted molar refractivity (Wildman–Crippen MR) is 113 cm³/mol. The Morgan fingerprint density at radius 1 is 1.11 bits per heavy atom. The first kappa shape index (κ1) is 18.6. The number of para-hydroxylation sites is 1. The van der Waals surface area contributed by atoms with Crippen LogP contribution in [0.1, 0.15) is 18.4 Å². The van der Waals surface area contributed by atoms with Crippen molar-refractivity contribution in [1.82, 2.24) is 14.8 Å². The number of rotatable bonds is 6. The third kappa shape index (κ3) is 4.36. The molecule has 0 spiro atoms. The number of carbonyl (C=O) groups is 1. The van der Waals surface area contributed by atoms with Gasteiger partial charge in [0.05, 0.1) is 11.4 Å². The van der Waals surface area contributed by atoms with E-state index in [1.54, 1.807) is 11.0 Å². The van der Waals surface area contributed by atoms with Crippen molar-refractivity contribution < 1.29 is 4.79 Å². The van der Waals surface area contributed by atoms with Crippen molar-refractivity contribution in [3.8, 4) is 5.69 Å². The summed E-state index contributed by atoms with van der Waals surface area (Å²) in [6.07, 6.45) is 4.17. The summed E-state index contributed by atoms with van der Waals surface area (Å²) < 4.78 is 1.71. The summed E-state index contributed by atoms with van der Waals surface area (Å²) in [6.45, 7) is 4.26. The van der Waals surface area contributed by atoms with E-state index in [9.17, 15) is 4.79 Å². The van der Waals surface area contributed by atoms with E-state index in [2.05, 4.69) is 32.4 Å². The van der Waals surface area contributed by atoms with Crippen molar-refractivity contribution in [2.45, 2.75) is 24.9 Å². The number of hydrogen-bond acceptors (Lipinski definition) is 5. The molecule has 1 aliphatic rings. The van der Waals surface area contributed by atoms with Crippen molar-refractivity contribution in [2.75, 3.05) is 29.1 Å². The Balaban J connectivity index is 1.33. The summed E-state index contributed by atoms with van der Waals surface area (Å²) >= 11 is 1.33. The number of amides is 1. The number of nitrogens with one attached hydrogen (secondary N) is 1. The highest BCUT2D eigenvalue weighted by Gasteiger charge is 2.14. The second-order valence-electron chi connectivity index (χ2n) is 6.84. The van der Waals surface area contributed by atoms with Crippen molar-refractivity contribution in [2.24, 2.45) is 0 Å². The van der Waals surface area contributed by atoms with E-state index in [0.717, 1.165) is 30.0 Å². The Kier molecular flexibility index (Phi) is 5.62. The number of thioether (sulfide) groups is 1. The maximum absolute atomic E-state index is 12.4. The van der Waals surface area contributed by atoms with Gasteiger partial charge in [-0.2, -0.15) is 0 Å². The van der Waals surface area contributed by atoms with Crippen LogP contribution in [-0.2, 0) is 4.79 Å².